The van der Waals surface area contributed by atoms with Crippen LogP contribution in [0.3, 0.4) is 0 Å². The molecule has 0 aliphatic heterocycles. The van der Waals surface area contributed by atoms with Crippen LogP contribution in [0.5, 0.6) is 5.75 Å². The molecule has 0 fully saturated rings. The van der Waals surface area contributed by atoms with Crippen LogP contribution in [0.15, 0.2) is 83.1 Å². The molecule has 0 saturated heterocycles. The smallest absolute Gasteiger partial charge is 0.352 e. The molecule has 4 rings (SSSR count). The summed E-state index contributed by atoms with van der Waals surface area (Å²) >= 11 is 3.29. The van der Waals surface area contributed by atoms with E-state index in [-0.39, 0.29) is 29.5 Å². The molecule has 2 amide bonds. The van der Waals surface area contributed by atoms with Crippen molar-refractivity contribution in [3.8, 4) is 5.75 Å². The number of rotatable bonds is 7. The number of nitrogens with zero attached hydrogens (tertiary/aromatic N) is 2. The Balaban J connectivity index is 1.50. The quantitative estimate of drug-likeness (QED) is 0.257. The summed E-state index contributed by atoms with van der Waals surface area (Å²) in [6.45, 7) is 0.207. The number of aromatic hydroxyl groups is 1. The van der Waals surface area contributed by atoms with Gasteiger partial charge in [0.15, 0.2) is 0 Å². The van der Waals surface area contributed by atoms with Crippen LogP contribution >= 0.6 is 15.9 Å². The number of carbonyl (C=O) groups is 3. The summed E-state index contributed by atoms with van der Waals surface area (Å²) in [5.74, 6) is -2.28. The Morgan fingerprint density at radius 3 is 2.53 bits per heavy atom. The van der Waals surface area contributed by atoms with Crippen LogP contribution in [-0.2, 0) is 11.3 Å². The molecule has 1 heterocycles. The number of fused-ring (bicyclic) bond motifs is 1. The van der Waals surface area contributed by atoms with Gasteiger partial charge in [-0.05, 0) is 64.0 Å². The highest BCUT2D eigenvalue weighted by Crippen LogP contribution is 2.21. The van der Waals surface area contributed by atoms with E-state index in [1.54, 1.807) is 42.5 Å². The fourth-order valence-electron chi connectivity index (χ4n) is 3.43. The summed E-state index contributed by atoms with van der Waals surface area (Å²) in [4.78, 5) is 37.2. The van der Waals surface area contributed by atoms with E-state index in [2.05, 4.69) is 36.8 Å². The highest BCUT2D eigenvalue weighted by molar-refractivity contribution is 9.10. The summed E-state index contributed by atoms with van der Waals surface area (Å²) in [5, 5.41) is 32.9. The number of halogens is 1. The van der Waals surface area contributed by atoms with E-state index in [1.165, 1.54) is 36.5 Å². The number of benzene rings is 3. The number of carboxylic acid groups (broad SMARTS) is 1. The second-order valence-electron chi connectivity index (χ2n) is 7.68. The average Bonchev–Trinajstić information content (AvgIpc) is 2.87. The van der Waals surface area contributed by atoms with E-state index in [9.17, 15) is 24.6 Å². The van der Waals surface area contributed by atoms with Gasteiger partial charge in [0.05, 0.1) is 17.3 Å². The number of aromatic nitrogens is 2. The van der Waals surface area contributed by atoms with E-state index in [0.717, 1.165) is 5.56 Å². The lowest BCUT2D eigenvalue weighted by atomic mass is 10.1. The maximum absolute atomic E-state index is 12.9. The standard InChI is InChI=1S/C26H19BrN4O5/c27-21-11-16(24(33)28-13-15-4-3-5-18(32)10-15)8-9-20(21)25(34)30-23(26(35)36)12-17-14-29-31-22-7-2-1-6-19(17)22/h1-12,14,32H,13H2,(H,28,33)(H,30,34)(H,35,36). The number of carbonyl (C=O) groups excluding carboxylic acids is 2. The first-order valence-corrected chi connectivity index (χ1v) is 11.4. The first-order chi connectivity index (χ1) is 17.3. The van der Waals surface area contributed by atoms with E-state index >= 15 is 0 Å². The van der Waals surface area contributed by atoms with E-state index in [1.807, 2.05) is 0 Å². The predicted octanol–water partition coefficient (Wildman–Crippen LogP) is 3.88. The van der Waals surface area contributed by atoms with Gasteiger partial charge < -0.3 is 20.8 Å². The van der Waals surface area contributed by atoms with Gasteiger partial charge in [0.1, 0.15) is 11.4 Å². The van der Waals surface area contributed by atoms with Crippen LogP contribution in [-0.4, -0.2) is 38.2 Å². The number of hydrogen-bond donors (Lipinski definition) is 4. The van der Waals surface area contributed by atoms with Gasteiger partial charge in [-0.25, -0.2) is 4.79 Å². The number of aliphatic carboxylic acids is 1. The van der Waals surface area contributed by atoms with Crippen LogP contribution in [0.2, 0.25) is 0 Å². The monoisotopic (exact) mass is 546 g/mol. The summed E-state index contributed by atoms with van der Waals surface area (Å²) in [7, 11) is 0. The minimum Gasteiger partial charge on any atom is -0.508 e. The van der Waals surface area contributed by atoms with Gasteiger partial charge in [0.2, 0.25) is 0 Å². The Morgan fingerprint density at radius 2 is 1.78 bits per heavy atom. The van der Waals surface area contributed by atoms with Crippen molar-refractivity contribution in [2.24, 2.45) is 0 Å². The third-order valence-electron chi connectivity index (χ3n) is 5.20. The normalized spacial score (nSPS) is 11.2. The number of hydrogen-bond acceptors (Lipinski definition) is 6. The van der Waals surface area contributed by atoms with Gasteiger partial charge >= 0.3 is 5.97 Å². The molecule has 1 aromatic heterocycles. The average molecular weight is 547 g/mol. The molecule has 0 unspecified atom stereocenters. The van der Waals surface area contributed by atoms with Crippen LogP contribution < -0.4 is 10.6 Å². The molecular formula is C26H19BrN4O5. The largest absolute Gasteiger partial charge is 0.508 e. The van der Waals surface area contributed by atoms with Crippen LogP contribution in [0.1, 0.15) is 31.8 Å². The van der Waals surface area contributed by atoms with Crippen molar-refractivity contribution in [2.75, 3.05) is 0 Å². The lowest BCUT2D eigenvalue weighted by molar-refractivity contribution is -0.132. The lowest BCUT2D eigenvalue weighted by Gasteiger charge is -2.10. The molecule has 0 radical (unpaired) electrons. The maximum Gasteiger partial charge on any atom is 0.352 e. The molecule has 9 nitrogen and oxygen atoms in total. The fourth-order valence-corrected chi connectivity index (χ4v) is 3.99. The molecular weight excluding hydrogens is 528 g/mol. The molecule has 0 atom stereocenters. The summed E-state index contributed by atoms with van der Waals surface area (Å²) < 4.78 is 0.311. The molecule has 0 aliphatic rings. The van der Waals surface area contributed by atoms with Gasteiger partial charge in [-0.1, -0.05) is 30.3 Å². The Morgan fingerprint density at radius 1 is 0.972 bits per heavy atom. The zero-order valence-corrected chi connectivity index (χ0v) is 20.2. The number of phenols is 1. The molecule has 0 spiro atoms. The summed E-state index contributed by atoms with van der Waals surface area (Å²) in [6.07, 6.45) is 2.73. The number of phenolic OH excluding ortho intramolecular Hbond substituents is 1. The van der Waals surface area contributed by atoms with Crippen molar-refractivity contribution in [3.05, 3.63) is 105 Å². The van der Waals surface area contributed by atoms with E-state index in [4.69, 9.17) is 0 Å². The molecule has 180 valence electrons. The van der Waals surface area contributed by atoms with Crippen LogP contribution in [0.25, 0.3) is 17.0 Å². The first-order valence-electron chi connectivity index (χ1n) is 10.6. The second kappa shape index (κ2) is 10.8. The summed E-state index contributed by atoms with van der Waals surface area (Å²) in [6, 6.07) is 18.0. The molecule has 0 bridgehead atoms. The zero-order valence-electron chi connectivity index (χ0n) is 18.6. The van der Waals surface area contributed by atoms with Crippen molar-refractivity contribution in [1.29, 1.82) is 0 Å². The Labute approximate surface area is 213 Å². The third-order valence-corrected chi connectivity index (χ3v) is 5.85. The van der Waals surface area contributed by atoms with E-state index < -0.39 is 11.9 Å². The van der Waals surface area contributed by atoms with Gasteiger partial charge in [-0.2, -0.15) is 10.2 Å². The minimum atomic E-state index is -1.33. The SMILES string of the molecule is O=C(O)C(=Cc1cnnc2ccccc12)NC(=O)c1ccc(C(=O)NCc2cccc(O)c2)cc1Br. The molecule has 0 saturated carbocycles. The molecule has 10 heteroatoms. The van der Waals surface area contributed by atoms with Crippen molar-refractivity contribution < 1.29 is 24.6 Å². The van der Waals surface area contributed by atoms with Crippen molar-refractivity contribution in [3.63, 3.8) is 0 Å². The Hall–Kier alpha value is -4.57. The van der Waals surface area contributed by atoms with Gasteiger partial charge in [0.25, 0.3) is 11.8 Å². The third kappa shape index (κ3) is 5.73. The highest BCUT2D eigenvalue weighted by atomic mass is 79.9. The number of carboxylic acids is 1. The van der Waals surface area contributed by atoms with Gasteiger partial charge in [0, 0.05) is 27.5 Å². The maximum atomic E-state index is 12.9. The molecule has 0 aliphatic carbocycles. The highest BCUT2D eigenvalue weighted by Gasteiger charge is 2.18. The molecule has 4 N–H and O–H groups in total. The van der Waals surface area contributed by atoms with Crippen LogP contribution in [0.4, 0.5) is 0 Å². The first kappa shape index (κ1) is 24.6. The lowest BCUT2D eigenvalue weighted by Crippen LogP contribution is -2.28. The number of nitrogens with one attached hydrogen (secondary N) is 2. The van der Waals surface area contributed by atoms with Crippen molar-refractivity contribution in [1.82, 2.24) is 20.8 Å². The number of amides is 2. The fraction of sp³-hybridized carbons (Fsp3) is 0.0385. The predicted molar refractivity (Wildman–Crippen MR) is 136 cm³/mol. The summed E-state index contributed by atoms with van der Waals surface area (Å²) in [5.41, 5.74) is 1.88. The topological polar surface area (TPSA) is 142 Å². The van der Waals surface area contributed by atoms with Crippen LogP contribution in [0, 0.1) is 0 Å². The molecule has 4 aromatic rings. The zero-order chi connectivity index (χ0) is 25.7. The minimum absolute atomic E-state index is 0.100. The Bertz CT molecular complexity index is 1510. The van der Waals surface area contributed by atoms with Gasteiger partial charge in [-0.15, -0.1) is 0 Å². The molecule has 36 heavy (non-hydrogen) atoms. The van der Waals surface area contributed by atoms with Crippen molar-refractivity contribution >= 4 is 50.7 Å². The molecule has 3 aromatic carbocycles. The van der Waals surface area contributed by atoms with Crippen molar-refractivity contribution in [2.45, 2.75) is 6.54 Å². The van der Waals surface area contributed by atoms with E-state index in [0.29, 0.717) is 26.5 Å². The second-order valence-corrected chi connectivity index (χ2v) is 8.54. The van der Waals surface area contributed by atoms with Gasteiger partial charge in [-0.3, -0.25) is 9.59 Å². The Kier molecular flexibility index (Phi) is 7.36.